The zero-order valence-corrected chi connectivity index (χ0v) is 12.0. The lowest BCUT2D eigenvalue weighted by molar-refractivity contribution is 0.0374. The van der Waals surface area contributed by atoms with Crippen LogP contribution in [0, 0.1) is 0 Å². The van der Waals surface area contributed by atoms with E-state index < -0.39 is 0 Å². The van der Waals surface area contributed by atoms with E-state index in [9.17, 15) is 4.79 Å². The molecule has 21 heavy (non-hydrogen) atoms. The molecular weight excluding hydrogens is 268 g/mol. The molecule has 0 atom stereocenters. The highest BCUT2D eigenvalue weighted by molar-refractivity contribution is 5.96. The van der Waals surface area contributed by atoms with Gasteiger partial charge in [-0.3, -0.25) is 14.7 Å². The molecule has 1 fully saturated rings. The highest BCUT2D eigenvalue weighted by Crippen LogP contribution is 2.11. The van der Waals surface area contributed by atoms with Crippen LogP contribution in [0.4, 0.5) is 0 Å². The van der Waals surface area contributed by atoms with Crippen molar-refractivity contribution in [1.82, 2.24) is 20.2 Å². The van der Waals surface area contributed by atoms with Gasteiger partial charge in [-0.1, -0.05) is 0 Å². The standard InChI is InChI=1S/C15H20N4O2/c20-15(14-11-13-12(18-14)3-1-4-16-13)17-5-2-6-19-7-9-21-10-8-19/h1,3-4,11,18H,2,5-10H2,(H,17,20). The molecule has 0 radical (unpaired) electrons. The monoisotopic (exact) mass is 288 g/mol. The molecule has 2 aromatic heterocycles. The van der Waals surface area contributed by atoms with Gasteiger partial charge in [-0.2, -0.15) is 0 Å². The van der Waals surface area contributed by atoms with Gasteiger partial charge in [-0.25, -0.2) is 0 Å². The van der Waals surface area contributed by atoms with Crippen molar-refractivity contribution in [3.8, 4) is 0 Å². The van der Waals surface area contributed by atoms with Crippen LogP contribution in [0.3, 0.4) is 0 Å². The van der Waals surface area contributed by atoms with Gasteiger partial charge in [0.15, 0.2) is 0 Å². The van der Waals surface area contributed by atoms with Crippen LogP contribution in [0.2, 0.25) is 0 Å². The molecule has 1 amide bonds. The largest absolute Gasteiger partial charge is 0.379 e. The second kappa shape index (κ2) is 6.69. The molecule has 1 aliphatic heterocycles. The Morgan fingerprint density at radius 3 is 3.10 bits per heavy atom. The van der Waals surface area contributed by atoms with Crippen LogP contribution in [0.5, 0.6) is 0 Å². The summed E-state index contributed by atoms with van der Waals surface area (Å²) < 4.78 is 5.31. The first-order chi connectivity index (χ1) is 10.3. The van der Waals surface area contributed by atoms with Crippen LogP contribution in [0.25, 0.3) is 11.0 Å². The summed E-state index contributed by atoms with van der Waals surface area (Å²) in [5.74, 6) is -0.0741. The topological polar surface area (TPSA) is 70.2 Å². The Hall–Kier alpha value is -1.92. The van der Waals surface area contributed by atoms with E-state index in [-0.39, 0.29) is 5.91 Å². The molecule has 0 spiro atoms. The maximum absolute atomic E-state index is 12.1. The molecule has 6 heteroatoms. The molecule has 3 heterocycles. The van der Waals surface area contributed by atoms with E-state index in [0.717, 1.165) is 50.3 Å². The Morgan fingerprint density at radius 1 is 1.43 bits per heavy atom. The number of carbonyl (C=O) groups is 1. The van der Waals surface area contributed by atoms with Crippen LogP contribution in [-0.4, -0.2) is 60.2 Å². The molecule has 2 N–H and O–H groups in total. The maximum atomic E-state index is 12.1. The minimum absolute atomic E-state index is 0.0741. The minimum atomic E-state index is -0.0741. The van der Waals surface area contributed by atoms with Crippen molar-refractivity contribution >= 4 is 16.9 Å². The van der Waals surface area contributed by atoms with Crippen molar-refractivity contribution in [2.75, 3.05) is 39.4 Å². The summed E-state index contributed by atoms with van der Waals surface area (Å²) in [7, 11) is 0. The zero-order chi connectivity index (χ0) is 14.5. The number of ether oxygens (including phenoxy) is 1. The van der Waals surface area contributed by atoms with Crippen LogP contribution in [0.1, 0.15) is 16.9 Å². The van der Waals surface area contributed by atoms with Crippen LogP contribution in [0.15, 0.2) is 24.4 Å². The highest BCUT2D eigenvalue weighted by atomic mass is 16.5. The summed E-state index contributed by atoms with van der Waals surface area (Å²) in [6.45, 7) is 5.28. The number of rotatable bonds is 5. The molecule has 0 saturated carbocycles. The van der Waals surface area contributed by atoms with Crippen molar-refractivity contribution < 1.29 is 9.53 Å². The molecule has 0 aromatic carbocycles. The van der Waals surface area contributed by atoms with Gasteiger partial charge in [-0.15, -0.1) is 0 Å². The fraction of sp³-hybridized carbons (Fsp3) is 0.467. The number of fused-ring (bicyclic) bond motifs is 1. The van der Waals surface area contributed by atoms with E-state index in [4.69, 9.17) is 4.74 Å². The second-order valence-electron chi connectivity index (χ2n) is 5.18. The van der Waals surface area contributed by atoms with E-state index in [1.54, 1.807) is 12.3 Å². The Labute approximate surface area is 123 Å². The van der Waals surface area contributed by atoms with Gasteiger partial charge in [0.2, 0.25) is 0 Å². The summed E-state index contributed by atoms with van der Waals surface area (Å²) in [4.78, 5) is 21.7. The minimum Gasteiger partial charge on any atom is -0.379 e. The van der Waals surface area contributed by atoms with E-state index in [0.29, 0.717) is 12.2 Å². The molecule has 0 aliphatic carbocycles. The number of pyridine rings is 1. The third-order valence-corrected chi connectivity index (χ3v) is 3.67. The Morgan fingerprint density at radius 2 is 2.29 bits per heavy atom. The predicted octanol–water partition coefficient (Wildman–Crippen LogP) is 1.01. The summed E-state index contributed by atoms with van der Waals surface area (Å²) in [6, 6.07) is 5.55. The Kier molecular flexibility index (Phi) is 4.47. The van der Waals surface area contributed by atoms with Crippen molar-refractivity contribution in [3.05, 3.63) is 30.1 Å². The molecule has 6 nitrogen and oxygen atoms in total. The average molecular weight is 288 g/mol. The fourth-order valence-corrected chi connectivity index (χ4v) is 2.50. The molecule has 3 rings (SSSR count). The number of nitrogens with zero attached hydrogens (tertiary/aromatic N) is 2. The first kappa shape index (κ1) is 14.0. The first-order valence-electron chi connectivity index (χ1n) is 7.35. The molecule has 0 bridgehead atoms. The predicted molar refractivity (Wildman–Crippen MR) is 80.3 cm³/mol. The van der Waals surface area contributed by atoms with Gasteiger partial charge in [0.05, 0.1) is 24.2 Å². The maximum Gasteiger partial charge on any atom is 0.267 e. The summed E-state index contributed by atoms with van der Waals surface area (Å²) >= 11 is 0. The summed E-state index contributed by atoms with van der Waals surface area (Å²) in [5.41, 5.74) is 2.27. The molecule has 1 aliphatic rings. The van der Waals surface area contributed by atoms with Gasteiger partial charge in [-0.05, 0) is 31.2 Å². The van der Waals surface area contributed by atoms with Gasteiger partial charge in [0.25, 0.3) is 5.91 Å². The second-order valence-corrected chi connectivity index (χ2v) is 5.18. The number of aromatic nitrogens is 2. The van der Waals surface area contributed by atoms with Crippen molar-refractivity contribution in [3.63, 3.8) is 0 Å². The smallest absolute Gasteiger partial charge is 0.267 e. The Bertz CT molecular complexity index is 571. The van der Waals surface area contributed by atoms with E-state index in [1.807, 2.05) is 12.1 Å². The van der Waals surface area contributed by atoms with Crippen LogP contribution >= 0.6 is 0 Å². The third-order valence-electron chi connectivity index (χ3n) is 3.67. The number of hydrogen-bond acceptors (Lipinski definition) is 4. The van der Waals surface area contributed by atoms with Crippen molar-refractivity contribution in [2.24, 2.45) is 0 Å². The summed E-state index contributed by atoms with van der Waals surface area (Å²) in [6.07, 6.45) is 2.67. The number of amides is 1. The van der Waals surface area contributed by atoms with Gasteiger partial charge < -0.3 is 15.0 Å². The molecule has 1 saturated heterocycles. The Balaban J connectivity index is 1.45. The third kappa shape index (κ3) is 3.59. The summed E-state index contributed by atoms with van der Waals surface area (Å²) in [5, 5.41) is 2.94. The van der Waals surface area contributed by atoms with E-state index in [1.165, 1.54) is 0 Å². The first-order valence-corrected chi connectivity index (χ1v) is 7.35. The SMILES string of the molecule is O=C(NCCCN1CCOCC1)c1cc2ncccc2[nH]1. The normalized spacial score (nSPS) is 16.2. The van der Waals surface area contributed by atoms with Crippen molar-refractivity contribution in [2.45, 2.75) is 6.42 Å². The van der Waals surface area contributed by atoms with Gasteiger partial charge in [0.1, 0.15) is 5.69 Å². The van der Waals surface area contributed by atoms with Crippen LogP contribution < -0.4 is 5.32 Å². The number of nitrogens with one attached hydrogen (secondary N) is 2. The van der Waals surface area contributed by atoms with Gasteiger partial charge in [0, 0.05) is 25.8 Å². The zero-order valence-electron chi connectivity index (χ0n) is 12.0. The lowest BCUT2D eigenvalue weighted by Crippen LogP contribution is -2.38. The number of carbonyl (C=O) groups excluding carboxylic acids is 1. The highest BCUT2D eigenvalue weighted by Gasteiger charge is 2.11. The molecule has 0 unspecified atom stereocenters. The number of aromatic amines is 1. The molecule has 2 aromatic rings. The average Bonchev–Trinajstić information content (AvgIpc) is 2.96. The van der Waals surface area contributed by atoms with Gasteiger partial charge >= 0.3 is 0 Å². The lowest BCUT2D eigenvalue weighted by Gasteiger charge is -2.26. The fourth-order valence-electron chi connectivity index (χ4n) is 2.50. The number of morpholine rings is 1. The van der Waals surface area contributed by atoms with Crippen molar-refractivity contribution in [1.29, 1.82) is 0 Å². The molecular formula is C15H20N4O2. The lowest BCUT2D eigenvalue weighted by atomic mass is 10.3. The van der Waals surface area contributed by atoms with Crippen LogP contribution in [-0.2, 0) is 4.74 Å². The quantitative estimate of drug-likeness (QED) is 0.806. The number of H-pyrrole nitrogens is 1. The van der Waals surface area contributed by atoms with E-state index in [2.05, 4.69) is 20.2 Å². The van der Waals surface area contributed by atoms with E-state index >= 15 is 0 Å². The number of hydrogen-bond donors (Lipinski definition) is 2. The molecule has 112 valence electrons.